The lowest BCUT2D eigenvalue weighted by Crippen LogP contribution is -2.51. The van der Waals surface area contributed by atoms with Gasteiger partial charge in [-0.2, -0.15) is 5.26 Å². The minimum Gasteiger partial charge on any atom is -0.406 e. The van der Waals surface area contributed by atoms with E-state index in [-0.39, 0.29) is 30.6 Å². The predicted molar refractivity (Wildman–Crippen MR) is 115 cm³/mol. The van der Waals surface area contributed by atoms with E-state index in [0.29, 0.717) is 11.1 Å². The number of carbonyl (C=O) groups excluding carboxylic acids is 2. The lowest BCUT2D eigenvalue weighted by atomic mass is 9.98. The third kappa shape index (κ3) is 7.34. The van der Waals surface area contributed by atoms with Crippen molar-refractivity contribution < 1.29 is 36.3 Å². The van der Waals surface area contributed by atoms with Crippen molar-refractivity contribution >= 4 is 23.8 Å². The van der Waals surface area contributed by atoms with Crippen LogP contribution in [-0.2, 0) is 4.79 Å². The van der Waals surface area contributed by atoms with Gasteiger partial charge in [0.1, 0.15) is 11.8 Å². The normalized spacial score (nSPS) is 17.7. The first kappa shape index (κ1) is 25.8. The van der Waals surface area contributed by atoms with Crippen molar-refractivity contribution in [2.45, 2.75) is 44.0 Å². The predicted octanol–water partition coefficient (Wildman–Crippen LogP) is 5.26. The van der Waals surface area contributed by atoms with Gasteiger partial charge in [0, 0.05) is 42.8 Å². The maximum absolute atomic E-state index is 13.7. The summed E-state index contributed by atoms with van der Waals surface area (Å²) in [6.45, 7) is -0.853. The lowest BCUT2D eigenvalue weighted by molar-refractivity contribution is -0.274. The number of piperidine rings is 1. The number of rotatable bonds is 7. The monoisotopic (exact) mass is 493 g/mol. The maximum atomic E-state index is 13.7. The second-order valence-corrected chi connectivity index (χ2v) is 7.90. The number of aromatic nitrogens is 1. The summed E-state index contributed by atoms with van der Waals surface area (Å²) in [7, 11) is 0. The number of Topliss-reactive ketones (excluding diaryl/α,β-unsaturated/α-hetero) is 1. The molecule has 184 valence electrons. The second-order valence-electron chi connectivity index (χ2n) is 7.90. The number of nitriles is 1. The summed E-state index contributed by atoms with van der Waals surface area (Å²) in [6.07, 6.45) is -0.108. The fourth-order valence-corrected chi connectivity index (χ4v) is 3.60. The molecule has 1 aliphatic rings. The molecule has 1 aromatic heterocycles. The Morgan fingerprint density at radius 2 is 1.89 bits per heavy atom. The van der Waals surface area contributed by atoms with Crippen LogP contribution < -0.4 is 4.74 Å². The number of amides is 1. The number of benzene rings is 1. The molecule has 0 unspecified atom stereocenters. The van der Waals surface area contributed by atoms with Crippen LogP contribution in [0.1, 0.15) is 47.2 Å². The van der Waals surface area contributed by atoms with Crippen molar-refractivity contribution in [3.05, 3.63) is 59.4 Å². The van der Waals surface area contributed by atoms with Gasteiger partial charge in [-0.15, -0.1) is 13.2 Å². The minimum absolute atomic E-state index is 0.133. The van der Waals surface area contributed by atoms with Gasteiger partial charge in [0.25, 0.3) is 5.92 Å². The van der Waals surface area contributed by atoms with Gasteiger partial charge >= 0.3 is 6.36 Å². The SMILES string of the molecule is N#C[C@@H]1CCC(F)(F)CN1C(=O)CCC(=O)c1ccncc1/C=C/c1ccc(OC(F)(F)F)cc1. The molecule has 1 atom stereocenters. The van der Waals surface area contributed by atoms with Crippen LogP contribution in [0, 0.1) is 11.3 Å². The number of hydrogen-bond acceptors (Lipinski definition) is 5. The number of alkyl halides is 5. The van der Waals surface area contributed by atoms with E-state index in [1.807, 2.05) is 6.07 Å². The quantitative estimate of drug-likeness (QED) is 0.388. The Bertz CT molecular complexity index is 1140. The molecule has 0 N–H and O–H groups in total. The zero-order valence-corrected chi connectivity index (χ0v) is 18.3. The summed E-state index contributed by atoms with van der Waals surface area (Å²) in [5, 5.41) is 9.16. The average Bonchev–Trinajstić information content (AvgIpc) is 2.80. The first-order valence-electron chi connectivity index (χ1n) is 10.6. The first-order chi connectivity index (χ1) is 16.5. The summed E-state index contributed by atoms with van der Waals surface area (Å²) in [5.74, 6) is -4.57. The first-order valence-corrected chi connectivity index (χ1v) is 10.6. The summed E-state index contributed by atoms with van der Waals surface area (Å²) >= 11 is 0. The highest BCUT2D eigenvalue weighted by Crippen LogP contribution is 2.30. The van der Waals surface area contributed by atoms with E-state index in [9.17, 15) is 31.5 Å². The molecule has 0 saturated carbocycles. The molecule has 2 aromatic rings. The highest BCUT2D eigenvalue weighted by Gasteiger charge is 2.42. The molecular formula is C24H20F5N3O3. The topological polar surface area (TPSA) is 83.3 Å². The molecule has 6 nitrogen and oxygen atoms in total. The van der Waals surface area contributed by atoms with Crippen LogP contribution in [0.15, 0.2) is 42.7 Å². The van der Waals surface area contributed by atoms with E-state index in [1.54, 1.807) is 12.2 Å². The fourth-order valence-electron chi connectivity index (χ4n) is 3.60. The van der Waals surface area contributed by atoms with Gasteiger partial charge < -0.3 is 9.64 Å². The largest absolute Gasteiger partial charge is 0.573 e. The Morgan fingerprint density at radius 1 is 1.17 bits per heavy atom. The van der Waals surface area contributed by atoms with Gasteiger partial charge in [-0.25, -0.2) is 8.78 Å². The Labute approximate surface area is 197 Å². The molecule has 0 aliphatic carbocycles. The van der Waals surface area contributed by atoms with Crippen LogP contribution in [0.5, 0.6) is 5.75 Å². The van der Waals surface area contributed by atoms with Crippen molar-refractivity contribution in [1.82, 2.24) is 9.88 Å². The number of ether oxygens (including phenoxy) is 1. The van der Waals surface area contributed by atoms with E-state index in [4.69, 9.17) is 5.26 Å². The number of carbonyl (C=O) groups is 2. The molecule has 1 aliphatic heterocycles. The van der Waals surface area contributed by atoms with E-state index < -0.39 is 43.0 Å². The van der Waals surface area contributed by atoms with Crippen molar-refractivity contribution in [2.24, 2.45) is 0 Å². The molecule has 3 rings (SSSR count). The number of nitrogens with zero attached hydrogens (tertiary/aromatic N) is 3. The zero-order chi connectivity index (χ0) is 25.6. The Kier molecular flexibility index (Phi) is 7.84. The molecule has 35 heavy (non-hydrogen) atoms. The van der Waals surface area contributed by atoms with Gasteiger partial charge in [0.2, 0.25) is 5.91 Å². The third-order valence-corrected chi connectivity index (χ3v) is 5.32. The molecule has 11 heteroatoms. The zero-order valence-electron chi connectivity index (χ0n) is 18.3. The van der Waals surface area contributed by atoms with Crippen LogP contribution in [0.2, 0.25) is 0 Å². The van der Waals surface area contributed by atoms with E-state index in [1.165, 1.54) is 30.6 Å². The Balaban J connectivity index is 1.66. The highest BCUT2D eigenvalue weighted by molar-refractivity contribution is 6.01. The van der Waals surface area contributed by atoms with Crippen LogP contribution in [0.25, 0.3) is 12.2 Å². The second kappa shape index (κ2) is 10.6. The van der Waals surface area contributed by atoms with Gasteiger partial charge in [0.05, 0.1) is 12.6 Å². The highest BCUT2D eigenvalue weighted by atomic mass is 19.4. The van der Waals surface area contributed by atoms with Gasteiger partial charge in [-0.05, 0) is 30.2 Å². The average molecular weight is 493 g/mol. The van der Waals surface area contributed by atoms with Gasteiger partial charge in [-0.3, -0.25) is 14.6 Å². The third-order valence-electron chi connectivity index (χ3n) is 5.32. The number of hydrogen-bond donors (Lipinski definition) is 0. The summed E-state index contributed by atoms with van der Waals surface area (Å²) in [4.78, 5) is 30.0. The van der Waals surface area contributed by atoms with Crippen LogP contribution in [0.3, 0.4) is 0 Å². The molecule has 0 bridgehead atoms. The van der Waals surface area contributed by atoms with E-state index in [2.05, 4.69) is 9.72 Å². The summed E-state index contributed by atoms with van der Waals surface area (Å²) in [5.41, 5.74) is 1.17. The maximum Gasteiger partial charge on any atom is 0.573 e. The number of likely N-dealkylation sites (tertiary alicyclic amines) is 1. The number of ketones is 1. The van der Waals surface area contributed by atoms with Crippen molar-refractivity contribution in [1.29, 1.82) is 5.26 Å². The summed E-state index contributed by atoms with van der Waals surface area (Å²) in [6, 6.07) is 7.43. The molecule has 1 amide bonds. The lowest BCUT2D eigenvalue weighted by Gasteiger charge is -2.36. The van der Waals surface area contributed by atoms with Crippen molar-refractivity contribution in [2.75, 3.05) is 6.54 Å². The summed E-state index contributed by atoms with van der Waals surface area (Å²) < 4.78 is 68.1. The fraction of sp³-hybridized carbons (Fsp3) is 0.333. The van der Waals surface area contributed by atoms with Crippen LogP contribution >= 0.6 is 0 Å². The molecule has 0 radical (unpaired) electrons. The van der Waals surface area contributed by atoms with Crippen LogP contribution in [-0.4, -0.2) is 46.4 Å². The molecule has 1 aromatic carbocycles. The Morgan fingerprint density at radius 3 is 2.54 bits per heavy atom. The standard InChI is InChI=1S/C24H20F5N3O3/c25-23(26)11-9-18(13-30)32(15-23)22(34)8-7-21(33)20-10-12-31-14-17(20)4-1-16-2-5-19(6-3-16)35-24(27,28)29/h1-6,10,12,14,18H,7-9,11,15H2/b4-1+/t18-/m0/s1. The smallest absolute Gasteiger partial charge is 0.406 e. The molecule has 1 fully saturated rings. The van der Waals surface area contributed by atoms with E-state index in [0.717, 1.165) is 17.0 Å². The Hall–Kier alpha value is -3.81. The van der Waals surface area contributed by atoms with Crippen LogP contribution in [0.4, 0.5) is 22.0 Å². The van der Waals surface area contributed by atoms with Gasteiger partial charge in [0.15, 0.2) is 5.78 Å². The van der Waals surface area contributed by atoms with Crippen molar-refractivity contribution in [3.8, 4) is 11.8 Å². The molecule has 0 spiro atoms. The minimum atomic E-state index is -4.80. The molecular weight excluding hydrogens is 473 g/mol. The van der Waals surface area contributed by atoms with Gasteiger partial charge in [-0.1, -0.05) is 24.3 Å². The number of halogens is 5. The molecule has 2 heterocycles. The molecule has 1 saturated heterocycles. The van der Waals surface area contributed by atoms with Crippen molar-refractivity contribution in [3.63, 3.8) is 0 Å². The number of pyridine rings is 1. The van der Waals surface area contributed by atoms with E-state index >= 15 is 0 Å².